The van der Waals surface area contributed by atoms with Crippen molar-refractivity contribution in [2.75, 3.05) is 5.32 Å². The van der Waals surface area contributed by atoms with Crippen molar-refractivity contribution in [3.05, 3.63) is 66.2 Å². The lowest BCUT2D eigenvalue weighted by Crippen LogP contribution is -2.05. The summed E-state index contributed by atoms with van der Waals surface area (Å²) in [5.41, 5.74) is 9.22. The van der Waals surface area contributed by atoms with E-state index in [1.54, 1.807) is 0 Å². The quantitative estimate of drug-likeness (QED) is 0.662. The van der Waals surface area contributed by atoms with Gasteiger partial charge in [-0.15, -0.1) is 0 Å². The highest BCUT2D eigenvalue weighted by molar-refractivity contribution is 5.87. The van der Waals surface area contributed by atoms with Crippen LogP contribution >= 0.6 is 0 Å². The molecule has 0 bridgehead atoms. The molecular formula is C21H24N2O. The van der Waals surface area contributed by atoms with Crippen molar-refractivity contribution in [3.63, 3.8) is 0 Å². The minimum atomic E-state index is 0.0544. The number of nitrogens with two attached hydrogens (primary N) is 1. The van der Waals surface area contributed by atoms with Crippen LogP contribution < -0.4 is 15.8 Å². The SMILES string of the molecule is CC(C)Oc1ccc(Nc2ccc3cc(C(C)N)ccc3c2)cc1. The number of ether oxygens (including phenoxy) is 1. The van der Waals surface area contributed by atoms with Crippen molar-refractivity contribution in [1.82, 2.24) is 0 Å². The number of nitrogens with one attached hydrogen (secondary N) is 1. The fourth-order valence-corrected chi connectivity index (χ4v) is 2.68. The van der Waals surface area contributed by atoms with E-state index in [1.807, 2.05) is 45.0 Å². The summed E-state index contributed by atoms with van der Waals surface area (Å²) in [5, 5.41) is 5.84. The number of hydrogen-bond acceptors (Lipinski definition) is 3. The Hall–Kier alpha value is -2.52. The highest BCUT2D eigenvalue weighted by Crippen LogP contribution is 2.25. The first-order chi connectivity index (χ1) is 11.5. The molecule has 0 aromatic heterocycles. The second-order valence-electron chi connectivity index (χ2n) is 6.43. The van der Waals surface area contributed by atoms with Crippen LogP contribution in [0.15, 0.2) is 60.7 Å². The number of benzene rings is 3. The van der Waals surface area contributed by atoms with Gasteiger partial charge in [-0.2, -0.15) is 0 Å². The van der Waals surface area contributed by atoms with Gasteiger partial charge in [0.25, 0.3) is 0 Å². The number of anilines is 2. The predicted octanol–water partition coefficient (Wildman–Crippen LogP) is 5.39. The summed E-state index contributed by atoms with van der Waals surface area (Å²) in [5.74, 6) is 0.887. The van der Waals surface area contributed by atoms with Gasteiger partial charge < -0.3 is 15.8 Å². The van der Waals surface area contributed by atoms with E-state index in [0.717, 1.165) is 22.7 Å². The fourth-order valence-electron chi connectivity index (χ4n) is 2.68. The summed E-state index contributed by atoms with van der Waals surface area (Å²) >= 11 is 0. The van der Waals surface area contributed by atoms with Gasteiger partial charge in [-0.25, -0.2) is 0 Å². The first-order valence-corrected chi connectivity index (χ1v) is 8.34. The summed E-state index contributed by atoms with van der Waals surface area (Å²) in [6.45, 7) is 6.06. The van der Waals surface area contributed by atoms with Crippen LogP contribution in [0.2, 0.25) is 0 Å². The second-order valence-corrected chi connectivity index (χ2v) is 6.43. The van der Waals surface area contributed by atoms with E-state index in [0.29, 0.717) is 0 Å². The first kappa shape index (κ1) is 16.3. The average molecular weight is 320 g/mol. The van der Waals surface area contributed by atoms with Crippen molar-refractivity contribution < 1.29 is 4.74 Å². The largest absolute Gasteiger partial charge is 0.491 e. The summed E-state index contributed by atoms with van der Waals surface area (Å²) in [6, 6.07) is 20.8. The maximum absolute atomic E-state index is 5.96. The molecule has 3 aromatic carbocycles. The molecule has 0 aliphatic rings. The molecule has 3 nitrogen and oxygen atoms in total. The van der Waals surface area contributed by atoms with Gasteiger partial charge in [-0.05, 0) is 79.6 Å². The molecule has 0 fully saturated rings. The van der Waals surface area contributed by atoms with Crippen LogP contribution in [0.1, 0.15) is 32.4 Å². The molecule has 0 radical (unpaired) electrons. The van der Waals surface area contributed by atoms with E-state index in [2.05, 4.69) is 41.7 Å². The van der Waals surface area contributed by atoms with Gasteiger partial charge in [-0.3, -0.25) is 0 Å². The summed E-state index contributed by atoms with van der Waals surface area (Å²) in [6.07, 6.45) is 0.186. The maximum Gasteiger partial charge on any atom is 0.119 e. The Morgan fingerprint density at radius 1 is 0.792 bits per heavy atom. The number of rotatable bonds is 5. The van der Waals surface area contributed by atoms with E-state index in [1.165, 1.54) is 10.8 Å². The predicted molar refractivity (Wildman–Crippen MR) is 102 cm³/mol. The molecule has 24 heavy (non-hydrogen) atoms. The Bertz CT molecular complexity index is 823. The molecule has 0 spiro atoms. The Labute approximate surface area is 143 Å². The van der Waals surface area contributed by atoms with Crippen LogP contribution in [0, 0.1) is 0 Å². The zero-order valence-corrected chi connectivity index (χ0v) is 14.4. The van der Waals surface area contributed by atoms with Crippen LogP contribution in [0.5, 0.6) is 5.75 Å². The van der Waals surface area contributed by atoms with Crippen LogP contribution in [-0.4, -0.2) is 6.10 Å². The number of fused-ring (bicyclic) bond motifs is 1. The molecule has 124 valence electrons. The Kier molecular flexibility index (Phi) is 4.72. The van der Waals surface area contributed by atoms with E-state index in [9.17, 15) is 0 Å². The molecule has 3 aromatic rings. The van der Waals surface area contributed by atoms with Gasteiger partial charge in [0.1, 0.15) is 5.75 Å². The molecule has 0 aliphatic carbocycles. The summed E-state index contributed by atoms with van der Waals surface area (Å²) < 4.78 is 5.67. The standard InChI is InChI=1S/C21H24N2O/c1-14(2)24-21-10-8-19(9-11-21)23-20-7-6-17-12-16(15(3)22)4-5-18(17)13-20/h4-15,23H,22H2,1-3H3. The van der Waals surface area contributed by atoms with E-state index < -0.39 is 0 Å². The third kappa shape index (κ3) is 3.87. The van der Waals surface area contributed by atoms with Gasteiger partial charge in [0, 0.05) is 17.4 Å². The normalized spacial score (nSPS) is 12.4. The lowest BCUT2D eigenvalue weighted by atomic mass is 10.0. The van der Waals surface area contributed by atoms with Gasteiger partial charge >= 0.3 is 0 Å². The molecule has 0 aliphatic heterocycles. The average Bonchev–Trinajstić information content (AvgIpc) is 2.55. The van der Waals surface area contributed by atoms with Crippen LogP contribution in [-0.2, 0) is 0 Å². The molecule has 0 saturated carbocycles. The van der Waals surface area contributed by atoms with Crippen LogP contribution in [0.3, 0.4) is 0 Å². The topological polar surface area (TPSA) is 47.3 Å². The Morgan fingerprint density at radius 2 is 1.42 bits per heavy atom. The third-order valence-electron chi connectivity index (χ3n) is 3.90. The lowest BCUT2D eigenvalue weighted by Gasteiger charge is -2.12. The zero-order chi connectivity index (χ0) is 17.1. The van der Waals surface area contributed by atoms with Crippen LogP contribution in [0.25, 0.3) is 10.8 Å². The summed E-state index contributed by atoms with van der Waals surface area (Å²) in [4.78, 5) is 0. The zero-order valence-electron chi connectivity index (χ0n) is 14.4. The molecule has 3 heteroatoms. The summed E-state index contributed by atoms with van der Waals surface area (Å²) in [7, 11) is 0. The monoisotopic (exact) mass is 320 g/mol. The molecule has 3 N–H and O–H groups in total. The highest BCUT2D eigenvalue weighted by Gasteiger charge is 2.03. The van der Waals surface area contributed by atoms with Crippen molar-refractivity contribution in [2.24, 2.45) is 5.73 Å². The minimum absolute atomic E-state index is 0.0544. The third-order valence-corrected chi connectivity index (χ3v) is 3.90. The molecule has 0 saturated heterocycles. The lowest BCUT2D eigenvalue weighted by molar-refractivity contribution is 0.242. The maximum atomic E-state index is 5.96. The van der Waals surface area contributed by atoms with Crippen molar-refractivity contribution in [2.45, 2.75) is 32.9 Å². The van der Waals surface area contributed by atoms with Gasteiger partial charge in [0.15, 0.2) is 0 Å². The Morgan fingerprint density at radius 3 is 2.08 bits per heavy atom. The first-order valence-electron chi connectivity index (χ1n) is 8.34. The molecule has 1 unspecified atom stereocenters. The Balaban J connectivity index is 1.78. The van der Waals surface area contributed by atoms with Crippen LogP contribution in [0.4, 0.5) is 11.4 Å². The van der Waals surface area contributed by atoms with Crippen molar-refractivity contribution in [1.29, 1.82) is 0 Å². The number of hydrogen-bond donors (Lipinski definition) is 2. The van der Waals surface area contributed by atoms with E-state index >= 15 is 0 Å². The molecule has 0 heterocycles. The highest BCUT2D eigenvalue weighted by atomic mass is 16.5. The molecule has 0 amide bonds. The van der Waals surface area contributed by atoms with E-state index in [-0.39, 0.29) is 12.1 Å². The molecule has 3 rings (SSSR count). The van der Waals surface area contributed by atoms with Gasteiger partial charge in [-0.1, -0.05) is 18.2 Å². The smallest absolute Gasteiger partial charge is 0.119 e. The van der Waals surface area contributed by atoms with Gasteiger partial charge in [0.2, 0.25) is 0 Å². The van der Waals surface area contributed by atoms with E-state index in [4.69, 9.17) is 10.5 Å². The fraction of sp³-hybridized carbons (Fsp3) is 0.238. The molecular weight excluding hydrogens is 296 g/mol. The molecule has 1 atom stereocenters. The minimum Gasteiger partial charge on any atom is -0.491 e. The second kappa shape index (κ2) is 6.93. The van der Waals surface area contributed by atoms with Gasteiger partial charge in [0.05, 0.1) is 6.10 Å². The van der Waals surface area contributed by atoms with Crippen molar-refractivity contribution >= 4 is 22.1 Å². The van der Waals surface area contributed by atoms with Crippen molar-refractivity contribution in [3.8, 4) is 5.75 Å².